The number of allylic oxidation sites excluding steroid dienone is 1. The topological polar surface area (TPSA) is 72.2 Å². The monoisotopic (exact) mass is 272 g/mol. The van der Waals surface area contributed by atoms with Gasteiger partial charge in [0.15, 0.2) is 0 Å². The van der Waals surface area contributed by atoms with Gasteiger partial charge in [-0.3, -0.25) is 14.2 Å². The van der Waals surface area contributed by atoms with Gasteiger partial charge in [-0.05, 0) is 19.1 Å². The Balaban J connectivity index is 2.59. The molecule has 2 aromatic rings. The van der Waals surface area contributed by atoms with E-state index in [9.17, 15) is 9.59 Å². The number of hydrogen-bond donors (Lipinski definition) is 1. The zero-order chi connectivity index (χ0) is 14.7. The van der Waals surface area contributed by atoms with E-state index in [1.165, 1.54) is 4.57 Å². The number of aromatic nitrogens is 2. The van der Waals surface area contributed by atoms with Crippen molar-refractivity contribution in [2.24, 2.45) is 0 Å². The molecule has 1 N–H and O–H groups in total. The van der Waals surface area contributed by atoms with Crippen LogP contribution in [0.1, 0.15) is 19.2 Å². The van der Waals surface area contributed by atoms with Crippen LogP contribution in [0.25, 0.3) is 10.9 Å². The number of hydrogen-bond acceptors (Lipinski definition) is 3. The molecule has 0 aliphatic heterocycles. The molecule has 2 rings (SSSR count). The Kier molecular flexibility index (Phi) is 3.98. The van der Waals surface area contributed by atoms with Crippen LogP contribution < -0.4 is 5.56 Å². The fraction of sp³-hybridized carbons (Fsp3) is 0.267. The van der Waals surface area contributed by atoms with E-state index in [0.717, 1.165) is 5.57 Å². The van der Waals surface area contributed by atoms with Gasteiger partial charge < -0.3 is 5.11 Å². The summed E-state index contributed by atoms with van der Waals surface area (Å²) in [6.07, 6.45) is 0.170. The summed E-state index contributed by atoms with van der Waals surface area (Å²) < 4.78 is 1.51. The maximum absolute atomic E-state index is 12.5. The van der Waals surface area contributed by atoms with Crippen LogP contribution in [0.3, 0.4) is 0 Å². The Morgan fingerprint density at radius 3 is 2.75 bits per heavy atom. The first-order chi connectivity index (χ1) is 9.49. The maximum Gasteiger partial charge on any atom is 0.303 e. The van der Waals surface area contributed by atoms with Crippen LogP contribution in [0.5, 0.6) is 0 Å². The molecule has 1 aromatic carbocycles. The van der Waals surface area contributed by atoms with Crippen LogP contribution in [0.4, 0.5) is 0 Å². The third-order valence-corrected chi connectivity index (χ3v) is 2.93. The van der Waals surface area contributed by atoms with E-state index in [1.807, 2.05) is 6.92 Å². The quantitative estimate of drug-likeness (QED) is 0.845. The fourth-order valence-corrected chi connectivity index (χ4v) is 2.06. The van der Waals surface area contributed by atoms with Crippen molar-refractivity contribution < 1.29 is 9.90 Å². The minimum absolute atomic E-state index is 0.0546. The predicted molar refractivity (Wildman–Crippen MR) is 76.8 cm³/mol. The molecule has 0 saturated heterocycles. The van der Waals surface area contributed by atoms with E-state index >= 15 is 0 Å². The molecular formula is C15H16N2O3. The molecule has 0 saturated carbocycles. The number of benzene rings is 1. The lowest BCUT2D eigenvalue weighted by Gasteiger charge is -2.12. The van der Waals surface area contributed by atoms with Gasteiger partial charge in [0.1, 0.15) is 5.82 Å². The Morgan fingerprint density at radius 1 is 1.40 bits per heavy atom. The average Bonchev–Trinajstić information content (AvgIpc) is 2.39. The number of aryl methyl sites for hydroxylation is 1. The molecule has 0 aliphatic rings. The van der Waals surface area contributed by atoms with Crippen molar-refractivity contribution in [3.63, 3.8) is 0 Å². The molecule has 0 fully saturated rings. The third-order valence-electron chi connectivity index (χ3n) is 2.93. The van der Waals surface area contributed by atoms with Crippen LogP contribution in [0.15, 0.2) is 41.2 Å². The smallest absolute Gasteiger partial charge is 0.303 e. The summed E-state index contributed by atoms with van der Waals surface area (Å²) in [4.78, 5) is 27.6. The number of nitrogens with zero attached hydrogens (tertiary/aromatic N) is 2. The first-order valence-electron chi connectivity index (χ1n) is 6.33. The number of carbonyl (C=O) groups is 1. The van der Waals surface area contributed by atoms with Gasteiger partial charge in [-0.15, -0.1) is 0 Å². The normalized spacial score (nSPS) is 10.7. The minimum atomic E-state index is -0.908. The second kappa shape index (κ2) is 5.69. The molecule has 0 atom stereocenters. The largest absolute Gasteiger partial charge is 0.481 e. The van der Waals surface area contributed by atoms with Gasteiger partial charge in [0.2, 0.25) is 0 Å². The van der Waals surface area contributed by atoms with Crippen LogP contribution >= 0.6 is 0 Å². The molecule has 0 amide bonds. The summed E-state index contributed by atoms with van der Waals surface area (Å²) >= 11 is 0. The molecule has 0 bridgehead atoms. The highest BCUT2D eigenvalue weighted by atomic mass is 16.4. The van der Waals surface area contributed by atoms with Gasteiger partial charge in [0.25, 0.3) is 5.56 Å². The van der Waals surface area contributed by atoms with Crippen LogP contribution in [0, 0.1) is 0 Å². The Hall–Kier alpha value is -2.43. The van der Waals surface area contributed by atoms with E-state index in [1.54, 1.807) is 24.3 Å². The summed E-state index contributed by atoms with van der Waals surface area (Å²) in [7, 11) is 0. The van der Waals surface area contributed by atoms with Crippen molar-refractivity contribution in [3.05, 3.63) is 52.6 Å². The number of para-hydroxylation sites is 1. The van der Waals surface area contributed by atoms with Crippen molar-refractivity contribution in [2.45, 2.75) is 26.3 Å². The van der Waals surface area contributed by atoms with E-state index in [2.05, 4.69) is 11.6 Å². The third kappa shape index (κ3) is 2.93. The molecule has 0 aliphatic carbocycles. The summed E-state index contributed by atoms with van der Waals surface area (Å²) in [6, 6.07) is 7.07. The van der Waals surface area contributed by atoms with Crippen molar-refractivity contribution in [1.82, 2.24) is 9.55 Å². The molecule has 5 heteroatoms. The Morgan fingerprint density at radius 2 is 2.10 bits per heavy atom. The highest BCUT2D eigenvalue weighted by Crippen LogP contribution is 2.10. The van der Waals surface area contributed by atoms with Crippen LogP contribution in [-0.2, 0) is 17.8 Å². The molecule has 20 heavy (non-hydrogen) atoms. The van der Waals surface area contributed by atoms with Gasteiger partial charge in [-0.25, -0.2) is 4.98 Å². The van der Waals surface area contributed by atoms with Crippen molar-refractivity contribution in [2.75, 3.05) is 0 Å². The summed E-state index contributed by atoms with van der Waals surface area (Å²) in [5.41, 5.74) is 1.26. The fourth-order valence-electron chi connectivity index (χ4n) is 2.06. The minimum Gasteiger partial charge on any atom is -0.481 e. The molecule has 1 heterocycles. The molecule has 0 unspecified atom stereocenters. The van der Waals surface area contributed by atoms with E-state index < -0.39 is 5.97 Å². The zero-order valence-corrected chi connectivity index (χ0v) is 11.3. The zero-order valence-electron chi connectivity index (χ0n) is 11.3. The average molecular weight is 272 g/mol. The van der Waals surface area contributed by atoms with Crippen LogP contribution in [-0.4, -0.2) is 20.6 Å². The summed E-state index contributed by atoms with van der Waals surface area (Å²) in [6.45, 7) is 5.98. The van der Waals surface area contributed by atoms with E-state index in [-0.39, 0.29) is 18.4 Å². The summed E-state index contributed by atoms with van der Waals surface area (Å²) in [5, 5.41) is 9.33. The first-order valence-corrected chi connectivity index (χ1v) is 6.33. The number of aliphatic carboxylic acids is 1. The van der Waals surface area contributed by atoms with Gasteiger partial charge >= 0.3 is 5.97 Å². The number of carboxylic acid groups (broad SMARTS) is 1. The van der Waals surface area contributed by atoms with Gasteiger partial charge in [-0.1, -0.05) is 24.3 Å². The SMILES string of the molecule is C=C(C)Cn1c(CCC(=O)O)nc2ccccc2c1=O. The van der Waals surface area contributed by atoms with Crippen molar-refractivity contribution in [3.8, 4) is 0 Å². The van der Waals surface area contributed by atoms with Crippen molar-refractivity contribution in [1.29, 1.82) is 0 Å². The molecule has 0 radical (unpaired) electrons. The lowest BCUT2D eigenvalue weighted by Crippen LogP contribution is -2.26. The van der Waals surface area contributed by atoms with Gasteiger partial charge in [-0.2, -0.15) is 0 Å². The summed E-state index contributed by atoms with van der Waals surface area (Å²) in [5.74, 6) is -0.423. The molecule has 5 nitrogen and oxygen atoms in total. The predicted octanol–water partition coefficient (Wildman–Crippen LogP) is 1.99. The highest BCUT2D eigenvalue weighted by molar-refractivity contribution is 5.77. The molecular weight excluding hydrogens is 256 g/mol. The van der Waals surface area contributed by atoms with Crippen molar-refractivity contribution >= 4 is 16.9 Å². The van der Waals surface area contributed by atoms with Gasteiger partial charge in [0.05, 0.1) is 17.3 Å². The van der Waals surface area contributed by atoms with Gasteiger partial charge in [0, 0.05) is 13.0 Å². The number of carboxylic acids is 1. The second-order valence-corrected chi connectivity index (χ2v) is 4.79. The maximum atomic E-state index is 12.5. The lowest BCUT2D eigenvalue weighted by molar-refractivity contribution is -0.137. The lowest BCUT2D eigenvalue weighted by atomic mass is 10.2. The van der Waals surface area contributed by atoms with E-state index in [4.69, 9.17) is 5.11 Å². The Bertz CT molecular complexity index is 731. The van der Waals surface area contributed by atoms with Crippen LogP contribution in [0.2, 0.25) is 0 Å². The number of rotatable bonds is 5. The molecule has 1 aromatic heterocycles. The van der Waals surface area contributed by atoms with E-state index in [0.29, 0.717) is 23.3 Å². The molecule has 0 spiro atoms. The first kappa shape index (κ1) is 14.0. The number of fused-ring (bicyclic) bond motifs is 1. The molecule has 104 valence electrons. The second-order valence-electron chi connectivity index (χ2n) is 4.79. The Labute approximate surface area is 116 Å². The highest BCUT2D eigenvalue weighted by Gasteiger charge is 2.12. The standard InChI is InChI=1S/C15H16N2O3/c1-10(2)9-17-13(7-8-14(18)19)16-12-6-4-3-5-11(12)15(17)20/h3-6H,1,7-9H2,2H3,(H,18,19).